The summed E-state index contributed by atoms with van der Waals surface area (Å²) in [4.78, 5) is 19.5. The van der Waals surface area contributed by atoms with Crippen LogP contribution in [0.2, 0.25) is 0 Å². The minimum absolute atomic E-state index is 0.0946. The SMILES string of the molecule is COc1ccc(CNC(=O)CC2CSC(=NC3CCCCC3)N2C)cc1. The van der Waals surface area contributed by atoms with Crippen LogP contribution < -0.4 is 10.1 Å². The molecule has 0 spiro atoms. The molecule has 0 radical (unpaired) electrons. The van der Waals surface area contributed by atoms with Crippen molar-refractivity contribution in [2.24, 2.45) is 4.99 Å². The van der Waals surface area contributed by atoms with Crippen molar-refractivity contribution in [1.82, 2.24) is 10.2 Å². The number of carbonyl (C=O) groups is 1. The second-order valence-corrected chi connectivity index (χ2v) is 8.10. The van der Waals surface area contributed by atoms with E-state index >= 15 is 0 Å². The highest BCUT2D eigenvalue weighted by molar-refractivity contribution is 8.14. The van der Waals surface area contributed by atoms with Gasteiger partial charge in [-0.3, -0.25) is 9.79 Å². The molecule has 3 rings (SSSR count). The van der Waals surface area contributed by atoms with Crippen molar-refractivity contribution in [2.75, 3.05) is 19.9 Å². The third-order valence-corrected chi connectivity index (χ3v) is 6.39. The van der Waals surface area contributed by atoms with Gasteiger partial charge in [0.2, 0.25) is 5.91 Å². The van der Waals surface area contributed by atoms with Crippen LogP contribution in [0.15, 0.2) is 29.3 Å². The number of nitrogens with one attached hydrogen (secondary N) is 1. The van der Waals surface area contributed by atoms with Gasteiger partial charge in [0, 0.05) is 31.8 Å². The molecule has 142 valence electrons. The number of carbonyl (C=O) groups excluding carboxylic acids is 1. The minimum Gasteiger partial charge on any atom is -0.497 e. The number of aliphatic imine (C=N–C) groups is 1. The van der Waals surface area contributed by atoms with Crippen molar-refractivity contribution in [2.45, 2.75) is 57.2 Å². The molecule has 1 aromatic carbocycles. The van der Waals surface area contributed by atoms with Crippen LogP contribution in [0.4, 0.5) is 0 Å². The van der Waals surface area contributed by atoms with Crippen molar-refractivity contribution in [3.63, 3.8) is 0 Å². The van der Waals surface area contributed by atoms with Gasteiger partial charge < -0.3 is 15.0 Å². The van der Waals surface area contributed by atoms with Crippen LogP contribution in [0.25, 0.3) is 0 Å². The van der Waals surface area contributed by atoms with Gasteiger partial charge in [-0.25, -0.2) is 0 Å². The zero-order valence-electron chi connectivity index (χ0n) is 15.7. The summed E-state index contributed by atoms with van der Waals surface area (Å²) < 4.78 is 5.15. The molecule has 1 unspecified atom stereocenters. The van der Waals surface area contributed by atoms with Gasteiger partial charge in [-0.15, -0.1) is 0 Å². The third kappa shape index (κ3) is 5.16. The first-order valence-corrected chi connectivity index (χ1v) is 10.5. The average molecular weight is 376 g/mol. The zero-order valence-corrected chi connectivity index (χ0v) is 16.6. The number of hydrogen-bond acceptors (Lipinski definition) is 4. The first kappa shape index (κ1) is 19.1. The molecule has 1 atom stereocenters. The second-order valence-electron chi connectivity index (χ2n) is 7.11. The lowest BCUT2D eigenvalue weighted by molar-refractivity contribution is -0.121. The van der Waals surface area contributed by atoms with Crippen molar-refractivity contribution in [1.29, 1.82) is 0 Å². The Kier molecular flexibility index (Phi) is 6.83. The number of thioether (sulfide) groups is 1. The van der Waals surface area contributed by atoms with E-state index in [-0.39, 0.29) is 11.9 Å². The Hall–Kier alpha value is -1.69. The van der Waals surface area contributed by atoms with Crippen LogP contribution >= 0.6 is 11.8 Å². The number of benzene rings is 1. The van der Waals surface area contributed by atoms with Crippen LogP contribution in [-0.4, -0.2) is 48.0 Å². The van der Waals surface area contributed by atoms with Gasteiger partial charge in [0.05, 0.1) is 13.2 Å². The topological polar surface area (TPSA) is 53.9 Å². The van der Waals surface area contributed by atoms with E-state index in [1.807, 2.05) is 24.3 Å². The zero-order chi connectivity index (χ0) is 18.4. The number of ether oxygens (including phenoxy) is 1. The maximum Gasteiger partial charge on any atom is 0.222 e. The van der Waals surface area contributed by atoms with E-state index in [0.29, 0.717) is 19.0 Å². The summed E-state index contributed by atoms with van der Waals surface area (Å²) in [6, 6.07) is 8.50. The smallest absolute Gasteiger partial charge is 0.222 e. The number of nitrogens with zero attached hydrogens (tertiary/aromatic N) is 2. The molecule has 1 amide bonds. The highest BCUT2D eigenvalue weighted by atomic mass is 32.2. The van der Waals surface area contributed by atoms with Crippen LogP contribution in [0.1, 0.15) is 44.1 Å². The molecule has 26 heavy (non-hydrogen) atoms. The molecular weight excluding hydrogens is 346 g/mol. The summed E-state index contributed by atoms with van der Waals surface area (Å²) >= 11 is 1.79. The Morgan fingerprint density at radius 3 is 2.69 bits per heavy atom. The molecule has 6 heteroatoms. The van der Waals surface area contributed by atoms with E-state index < -0.39 is 0 Å². The second kappa shape index (κ2) is 9.31. The lowest BCUT2D eigenvalue weighted by Gasteiger charge is -2.23. The highest BCUT2D eigenvalue weighted by Crippen LogP contribution is 2.28. The van der Waals surface area contributed by atoms with Crippen molar-refractivity contribution in [3.05, 3.63) is 29.8 Å². The van der Waals surface area contributed by atoms with E-state index in [4.69, 9.17) is 9.73 Å². The molecule has 0 bridgehead atoms. The van der Waals surface area contributed by atoms with Crippen molar-refractivity contribution in [3.8, 4) is 5.75 Å². The van der Waals surface area contributed by atoms with Gasteiger partial charge in [0.1, 0.15) is 5.75 Å². The minimum atomic E-state index is 0.0946. The summed E-state index contributed by atoms with van der Waals surface area (Å²) in [5.74, 6) is 1.87. The fourth-order valence-electron chi connectivity index (χ4n) is 3.46. The van der Waals surface area contributed by atoms with E-state index in [1.54, 1.807) is 18.9 Å². The van der Waals surface area contributed by atoms with Crippen molar-refractivity contribution >= 4 is 22.8 Å². The molecule has 1 saturated heterocycles. The Balaban J connectivity index is 1.45. The van der Waals surface area contributed by atoms with Crippen LogP contribution in [0, 0.1) is 0 Å². The molecule has 1 aliphatic carbocycles. The maximum absolute atomic E-state index is 12.3. The third-order valence-electron chi connectivity index (χ3n) is 5.19. The predicted octanol–water partition coefficient (Wildman–Crippen LogP) is 3.44. The molecule has 1 N–H and O–H groups in total. The van der Waals surface area contributed by atoms with Crippen LogP contribution in [0.5, 0.6) is 5.75 Å². The lowest BCUT2D eigenvalue weighted by Crippen LogP contribution is -2.36. The molecule has 1 aliphatic heterocycles. The Morgan fingerprint density at radius 2 is 2.00 bits per heavy atom. The summed E-state index contributed by atoms with van der Waals surface area (Å²) in [5, 5.41) is 4.14. The predicted molar refractivity (Wildman–Crippen MR) is 108 cm³/mol. The largest absolute Gasteiger partial charge is 0.497 e. The van der Waals surface area contributed by atoms with E-state index in [9.17, 15) is 4.79 Å². The molecular formula is C20H29N3O2S. The van der Waals surface area contributed by atoms with Crippen molar-refractivity contribution < 1.29 is 9.53 Å². The van der Waals surface area contributed by atoms with Crippen LogP contribution in [-0.2, 0) is 11.3 Å². The highest BCUT2D eigenvalue weighted by Gasteiger charge is 2.29. The normalized spacial score (nSPS) is 22.6. The maximum atomic E-state index is 12.3. The fourth-order valence-corrected chi connectivity index (χ4v) is 4.72. The molecule has 1 aromatic rings. The van der Waals surface area contributed by atoms with Crippen LogP contribution in [0.3, 0.4) is 0 Å². The van der Waals surface area contributed by atoms with Gasteiger partial charge in [-0.1, -0.05) is 43.2 Å². The molecule has 2 aliphatic rings. The Morgan fingerprint density at radius 1 is 1.27 bits per heavy atom. The first-order valence-electron chi connectivity index (χ1n) is 9.49. The van der Waals surface area contributed by atoms with Gasteiger partial charge in [-0.05, 0) is 30.5 Å². The monoisotopic (exact) mass is 375 g/mol. The summed E-state index contributed by atoms with van der Waals surface area (Å²) in [6.07, 6.45) is 6.89. The Bertz CT molecular complexity index is 626. The van der Waals surface area contributed by atoms with E-state index in [0.717, 1.165) is 22.2 Å². The quantitative estimate of drug-likeness (QED) is 0.828. The summed E-state index contributed by atoms with van der Waals surface area (Å²) in [6.45, 7) is 0.551. The van der Waals surface area contributed by atoms with Gasteiger partial charge in [0.25, 0.3) is 0 Å². The molecule has 0 aromatic heterocycles. The Labute approximate surface area is 160 Å². The molecule has 2 fully saturated rings. The molecule has 5 nitrogen and oxygen atoms in total. The lowest BCUT2D eigenvalue weighted by atomic mass is 9.96. The number of amidine groups is 1. The van der Waals surface area contributed by atoms with E-state index in [1.165, 1.54) is 32.1 Å². The van der Waals surface area contributed by atoms with E-state index in [2.05, 4.69) is 17.3 Å². The first-order chi connectivity index (χ1) is 12.7. The molecule has 1 saturated carbocycles. The fraction of sp³-hybridized carbons (Fsp3) is 0.600. The summed E-state index contributed by atoms with van der Waals surface area (Å²) in [5.41, 5.74) is 1.08. The number of amides is 1. The van der Waals surface area contributed by atoms with Gasteiger partial charge >= 0.3 is 0 Å². The average Bonchev–Trinajstić information content (AvgIpc) is 3.01. The number of rotatable bonds is 6. The standard InChI is InChI=1S/C20H29N3O2S/c1-23-17(14-26-20(23)22-16-6-4-3-5-7-16)12-19(24)21-13-15-8-10-18(25-2)11-9-15/h8-11,16-17H,3-7,12-14H2,1-2H3,(H,21,24). The van der Waals surface area contributed by atoms with Gasteiger partial charge in [-0.2, -0.15) is 0 Å². The number of hydrogen-bond donors (Lipinski definition) is 1. The number of methoxy groups -OCH3 is 1. The molecule has 1 heterocycles. The van der Waals surface area contributed by atoms with Gasteiger partial charge in [0.15, 0.2) is 5.17 Å². The summed E-state index contributed by atoms with van der Waals surface area (Å²) in [7, 11) is 3.72.